The van der Waals surface area contributed by atoms with Gasteiger partial charge in [0.2, 0.25) is 11.8 Å². The largest absolute Gasteiger partial charge is 0.468 e. The molecule has 1 atom stereocenters. The number of hydrogen-bond acceptors (Lipinski definition) is 6. The van der Waals surface area contributed by atoms with E-state index in [0.717, 1.165) is 12.1 Å². The monoisotopic (exact) mass is 349 g/mol. The average Bonchev–Trinajstić information content (AvgIpc) is 2.62. The number of nitrogens with one attached hydrogen (secondary N) is 3. The third kappa shape index (κ3) is 6.90. The minimum Gasteiger partial charge on any atom is -0.468 e. The molecule has 8 nitrogen and oxygen atoms in total. The molecule has 1 aliphatic heterocycles. The SMILES string of the molecule is COC(=O)CNC(=O)Cc1ccc(NC(=O)CC2COCCN2)cc1. The van der Waals surface area contributed by atoms with Crippen LogP contribution in [0.4, 0.5) is 5.69 Å². The van der Waals surface area contributed by atoms with E-state index >= 15 is 0 Å². The van der Waals surface area contributed by atoms with E-state index < -0.39 is 5.97 Å². The zero-order valence-corrected chi connectivity index (χ0v) is 14.2. The maximum atomic E-state index is 12.0. The highest BCUT2D eigenvalue weighted by molar-refractivity contribution is 5.91. The Bertz CT molecular complexity index is 597. The fourth-order valence-corrected chi connectivity index (χ4v) is 2.38. The van der Waals surface area contributed by atoms with Crippen molar-refractivity contribution in [1.82, 2.24) is 10.6 Å². The molecule has 8 heteroatoms. The molecule has 0 radical (unpaired) electrons. The van der Waals surface area contributed by atoms with Crippen LogP contribution in [0, 0.1) is 0 Å². The summed E-state index contributed by atoms with van der Waals surface area (Å²) in [7, 11) is 1.26. The van der Waals surface area contributed by atoms with Gasteiger partial charge in [-0.3, -0.25) is 14.4 Å². The van der Waals surface area contributed by atoms with Crippen LogP contribution in [0.3, 0.4) is 0 Å². The van der Waals surface area contributed by atoms with Gasteiger partial charge in [0.1, 0.15) is 6.54 Å². The topological polar surface area (TPSA) is 106 Å². The minimum absolute atomic E-state index is 0.0338. The number of rotatable bonds is 7. The lowest BCUT2D eigenvalue weighted by atomic mass is 10.1. The number of amides is 2. The highest BCUT2D eigenvalue weighted by Gasteiger charge is 2.16. The van der Waals surface area contributed by atoms with Crippen molar-refractivity contribution in [3.05, 3.63) is 29.8 Å². The molecule has 0 spiro atoms. The van der Waals surface area contributed by atoms with Crippen molar-refractivity contribution in [2.75, 3.05) is 38.7 Å². The minimum atomic E-state index is -0.496. The molecule has 2 rings (SSSR count). The number of esters is 1. The number of carbonyl (C=O) groups excluding carboxylic acids is 3. The molecule has 0 aliphatic carbocycles. The quantitative estimate of drug-likeness (QED) is 0.591. The Kier molecular flexibility index (Phi) is 7.36. The van der Waals surface area contributed by atoms with Crippen LogP contribution in [0.15, 0.2) is 24.3 Å². The molecule has 1 aromatic rings. The Labute approximate surface area is 146 Å². The lowest BCUT2D eigenvalue weighted by Gasteiger charge is -2.23. The summed E-state index contributed by atoms with van der Waals surface area (Å²) in [6, 6.07) is 7.04. The molecule has 0 bridgehead atoms. The van der Waals surface area contributed by atoms with Gasteiger partial charge in [-0.15, -0.1) is 0 Å². The molecule has 1 fully saturated rings. The maximum absolute atomic E-state index is 12.0. The van der Waals surface area contributed by atoms with E-state index in [1.807, 2.05) is 0 Å². The zero-order valence-electron chi connectivity index (χ0n) is 14.2. The molecular weight excluding hydrogens is 326 g/mol. The van der Waals surface area contributed by atoms with E-state index in [1.165, 1.54) is 7.11 Å². The number of morpholine rings is 1. The number of benzene rings is 1. The Morgan fingerprint density at radius 2 is 2.00 bits per heavy atom. The smallest absolute Gasteiger partial charge is 0.325 e. The van der Waals surface area contributed by atoms with Crippen LogP contribution in [-0.2, 0) is 30.3 Å². The van der Waals surface area contributed by atoms with Crippen LogP contribution in [-0.4, -0.2) is 57.2 Å². The molecular formula is C17H23N3O5. The number of carbonyl (C=O) groups is 3. The molecule has 1 saturated heterocycles. The van der Waals surface area contributed by atoms with E-state index in [2.05, 4.69) is 20.7 Å². The second-order valence-corrected chi connectivity index (χ2v) is 5.70. The van der Waals surface area contributed by atoms with Gasteiger partial charge < -0.3 is 25.4 Å². The molecule has 25 heavy (non-hydrogen) atoms. The Balaban J connectivity index is 1.75. The molecule has 1 aliphatic rings. The van der Waals surface area contributed by atoms with Crippen molar-refractivity contribution in [3.8, 4) is 0 Å². The Morgan fingerprint density at radius 1 is 1.24 bits per heavy atom. The summed E-state index contributed by atoms with van der Waals surface area (Å²) < 4.78 is 9.77. The van der Waals surface area contributed by atoms with Crippen LogP contribution >= 0.6 is 0 Å². The van der Waals surface area contributed by atoms with E-state index in [1.54, 1.807) is 24.3 Å². The molecule has 136 valence electrons. The molecule has 0 aromatic heterocycles. The molecule has 2 amide bonds. The van der Waals surface area contributed by atoms with Crippen LogP contribution < -0.4 is 16.0 Å². The van der Waals surface area contributed by atoms with Gasteiger partial charge in [-0.2, -0.15) is 0 Å². The first-order valence-electron chi connectivity index (χ1n) is 8.10. The summed E-state index contributed by atoms with van der Waals surface area (Å²) in [5.41, 5.74) is 1.45. The van der Waals surface area contributed by atoms with Gasteiger partial charge in [0.15, 0.2) is 0 Å². The van der Waals surface area contributed by atoms with Gasteiger partial charge in [0.05, 0.1) is 26.7 Å². The van der Waals surface area contributed by atoms with Gasteiger partial charge in [-0.05, 0) is 17.7 Å². The third-order valence-electron chi connectivity index (χ3n) is 3.69. The first-order valence-corrected chi connectivity index (χ1v) is 8.10. The van der Waals surface area contributed by atoms with Crippen molar-refractivity contribution >= 4 is 23.5 Å². The highest BCUT2D eigenvalue weighted by Crippen LogP contribution is 2.11. The first kappa shape index (κ1) is 18.9. The standard InChI is InChI=1S/C17H23N3O5/c1-24-17(23)10-19-15(21)8-12-2-4-13(5-3-12)20-16(22)9-14-11-25-7-6-18-14/h2-5,14,18H,6-11H2,1H3,(H,19,21)(H,20,22). The molecule has 1 heterocycles. The average molecular weight is 349 g/mol. The van der Waals surface area contributed by atoms with Gasteiger partial charge in [0, 0.05) is 24.7 Å². The Morgan fingerprint density at radius 3 is 2.64 bits per heavy atom. The first-order chi connectivity index (χ1) is 12.1. The van der Waals surface area contributed by atoms with Gasteiger partial charge in [-0.25, -0.2) is 0 Å². The normalized spacial score (nSPS) is 16.8. The number of anilines is 1. The third-order valence-corrected chi connectivity index (χ3v) is 3.69. The lowest BCUT2D eigenvalue weighted by molar-refractivity contribution is -0.141. The molecule has 3 N–H and O–H groups in total. The predicted molar refractivity (Wildman–Crippen MR) is 91.0 cm³/mol. The van der Waals surface area contributed by atoms with Crippen LogP contribution in [0.25, 0.3) is 0 Å². The summed E-state index contributed by atoms with van der Waals surface area (Å²) in [6.07, 6.45) is 0.492. The maximum Gasteiger partial charge on any atom is 0.325 e. The van der Waals surface area contributed by atoms with Crippen LogP contribution in [0.1, 0.15) is 12.0 Å². The van der Waals surface area contributed by atoms with Crippen LogP contribution in [0.2, 0.25) is 0 Å². The number of ether oxygens (including phenoxy) is 2. The van der Waals surface area contributed by atoms with Crippen molar-refractivity contribution in [2.45, 2.75) is 18.9 Å². The molecule has 0 saturated carbocycles. The van der Waals surface area contributed by atoms with Crippen LogP contribution in [0.5, 0.6) is 0 Å². The number of hydrogen-bond donors (Lipinski definition) is 3. The van der Waals surface area contributed by atoms with Gasteiger partial charge in [0.25, 0.3) is 0 Å². The summed E-state index contributed by atoms with van der Waals surface area (Å²) in [5, 5.41) is 8.52. The summed E-state index contributed by atoms with van der Waals surface area (Å²) in [6.45, 7) is 1.81. The highest BCUT2D eigenvalue weighted by atomic mass is 16.5. The van der Waals surface area contributed by atoms with E-state index in [4.69, 9.17) is 4.74 Å². The number of methoxy groups -OCH3 is 1. The summed E-state index contributed by atoms with van der Waals surface area (Å²) in [4.78, 5) is 34.7. The fourth-order valence-electron chi connectivity index (χ4n) is 2.38. The second kappa shape index (κ2) is 9.75. The van der Waals surface area contributed by atoms with Crippen molar-refractivity contribution in [1.29, 1.82) is 0 Å². The molecule has 1 unspecified atom stereocenters. The summed E-state index contributed by atoms with van der Waals surface area (Å²) >= 11 is 0. The van der Waals surface area contributed by atoms with Crippen molar-refractivity contribution in [3.63, 3.8) is 0 Å². The van der Waals surface area contributed by atoms with E-state index in [9.17, 15) is 14.4 Å². The second-order valence-electron chi connectivity index (χ2n) is 5.70. The fraction of sp³-hybridized carbons (Fsp3) is 0.471. The van der Waals surface area contributed by atoms with Gasteiger partial charge >= 0.3 is 5.97 Å². The van der Waals surface area contributed by atoms with E-state index in [0.29, 0.717) is 25.3 Å². The van der Waals surface area contributed by atoms with Gasteiger partial charge in [-0.1, -0.05) is 12.1 Å². The summed E-state index contributed by atoms with van der Waals surface area (Å²) in [5.74, 6) is -0.860. The predicted octanol–water partition coefficient (Wildman–Crippen LogP) is -0.165. The van der Waals surface area contributed by atoms with Crippen molar-refractivity contribution < 1.29 is 23.9 Å². The Hall–Kier alpha value is -2.45. The van der Waals surface area contributed by atoms with Crippen molar-refractivity contribution in [2.24, 2.45) is 0 Å². The lowest BCUT2D eigenvalue weighted by Crippen LogP contribution is -2.43. The zero-order chi connectivity index (χ0) is 18.1. The molecule has 1 aromatic carbocycles. The van der Waals surface area contributed by atoms with E-state index in [-0.39, 0.29) is 30.8 Å².